The van der Waals surface area contributed by atoms with Gasteiger partial charge in [0.2, 0.25) is 0 Å². The third-order valence-electron chi connectivity index (χ3n) is 12.7. The Balaban J connectivity index is 1.13. The van der Waals surface area contributed by atoms with Gasteiger partial charge in [-0.15, -0.1) is 0 Å². The fraction of sp³-hybridized carbons (Fsp3) is 0.217. The molecular weight excluding hydrogens is 618 g/mol. The van der Waals surface area contributed by atoms with Crippen molar-refractivity contribution in [2.75, 3.05) is 4.90 Å². The Morgan fingerprint density at radius 2 is 1.18 bits per heavy atom. The number of rotatable bonds is 4. The lowest BCUT2D eigenvalue weighted by Gasteiger charge is -2.61. The zero-order valence-electron chi connectivity index (χ0n) is 27.3. The van der Waals surface area contributed by atoms with Gasteiger partial charge in [-0.1, -0.05) is 96.5 Å². The summed E-state index contributed by atoms with van der Waals surface area (Å²) < 4.78 is 6.43. The van der Waals surface area contributed by atoms with Crippen molar-refractivity contribution in [3.8, 4) is 22.3 Å². The normalized spacial score (nSPS) is 24.5. The number of hydrogen-bond donors (Lipinski definition) is 0. The van der Waals surface area contributed by atoms with Gasteiger partial charge < -0.3 is 9.32 Å². The van der Waals surface area contributed by atoms with Crippen LogP contribution < -0.4 is 4.90 Å². The molecule has 12 rings (SSSR count). The molecule has 1 heterocycles. The van der Waals surface area contributed by atoms with Gasteiger partial charge in [0.25, 0.3) is 0 Å². The fourth-order valence-corrected chi connectivity index (χ4v) is 11.3. The van der Waals surface area contributed by atoms with E-state index in [0.717, 1.165) is 55.9 Å². The summed E-state index contributed by atoms with van der Waals surface area (Å²) in [7, 11) is 0. The van der Waals surface area contributed by atoms with Crippen LogP contribution in [0.4, 0.5) is 17.1 Å². The fourth-order valence-electron chi connectivity index (χ4n) is 11.0. The molecule has 49 heavy (non-hydrogen) atoms. The van der Waals surface area contributed by atoms with E-state index in [4.69, 9.17) is 16.0 Å². The molecule has 238 valence electrons. The number of fused-ring (bicyclic) bond motifs is 6. The van der Waals surface area contributed by atoms with Crippen LogP contribution in [-0.2, 0) is 5.41 Å². The van der Waals surface area contributed by atoms with E-state index in [9.17, 15) is 0 Å². The van der Waals surface area contributed by atoms with Crippen molar-refractivity contribution in [3.05, 3.63) is 150 Å². The molecule has 6 aromatic carbocycles. The summed E-state index contributed by atoms with van der Waals surface area (Å²) in [6.07, 6.45) is 6.86. The molecule has 3 heteroatoms. The second kappa shape index (κ2) is 10.4. The summed E-state index contributed by atoms with van der Waals surface area (Å²) in [5.74, 6) is 3.16. The van der Waals surface area contributed by atoms with Crippen LogP contribution in [0, 0.1) is 23.7 Å². The first-order valence-corrected chi connectivity index (χ1v) is 18.3. The lowest BCUT2D eigenvalue weighted by molar-refractivity contribution is -0.0399. The standard InChI is InChI=1S/C46H36ClNO/c47-42-26-39-36-10-4-6-12-40(36)46(32-21-28-20-29(23-32)24-33(46)22-28)41(39)27-43(42)48(34-16-14-31(15-17-34)30-8-2-1-3-9-30)35-18-19-38-37-11-5-7-13-44(37)49-45(38)25-35/h1-19,25-29,32-33H,20-24H2/t28-,29+,32-,33?,46?. The summed E-state index contributed by atoms with van der Waals surface area (Å²) >= 11 is 7.49. The average molecular weight is 654 g/mol. The molecule has 5 aliphatic carbocycles. The molecule has 0 saturated heterocycles. The molecular formula is C46H36ClNO. The SMILES string of the molecule is Clc1cc2c(cc1N(c1ccc(-c3ccccc3)cc1)c1ccc3c(c1)oc1ccccc13)C1(c3ccccc3-2)C2C[C@H]3C[C@@H](C2)C[C@@H]1C3. The Hall–Kier alpha value is -4.79. The van der Waals surface area contributed by atoms with Gasteiger partial charge >= 0.3 is 0 Å². The zero-order valence-corrected chi connectivity index (χ0v) is 28.0. The minimum absolute atomic E-state index is 0.0597. The summed E-state index contributed by atoms with van der Waals surface area (Å²) in [6.45, 7) is 0. The monoisotopic (exact) mass is 653 g/mol. The highest BCUT2D eigenvalue weighted by molar-refractivity contribution is 6.34. The quantitative estimate of drug-likeness (QED) is 0.188. The predicted octanol–water partition coefficient (Wildman–Crippen LogP) is 13.1. The van der Waals surface area contributed by atoms with Crippen LogP contribution in [0.3, 0.4) is 0 Å². The van der Waals surface area contributed by atoms with E-state index in [0.29, 0.717) is 11.8 Å². The zero-order chi connectivity index (χ0) is 32.3. The first-order chi connectivity index (χ1) is 24.1. The summed E-state index contributed by atoms with van der Waals surface area (Å²) in [4.78, 5) is 2.36. The molecule has 0 aliphatic heterocycles. The van der Waals surface area contributed by atoms with Crippen molar-refractivity contribution < 1.29 is 4.42 Å². The van der Waals surface area contributed by atoms with E-state index in [1.54, 1.807) is 5.56 Å². The van der Waals surface area contributed by atoms with Gasteiger partial charge in [-0.25, -0.2) is 0 Å². The highest BCUT2D eigenvalue weighted by atomic mass is 35.5. The molecule has 0 radical (unpaired) electrons. The molecule has 4 bridgehead atoms. The molecule has 7 aromatic rings. The molecule has 0 N–H and O–H groups in total. The van der Waals surface area contributed by atoms with Crippen molar-refractivity contribution in [1.29, 1.82) is 0 Å². The maximum absolute atomic E-state index is 7.49. The van der Waals surface area contributed by atoms with Crippen LogP contribution in [0.5, 0.6) is 0 Å². The molecule has 4 fully saturated rings. The van der Waals surface area contributed by atoms with Gasteiger partial charge in [-0.05, 0) is 132 Å². The Kier molecular flexibility index (Phi) is 5.94. The molecule has 1 aromatic heterocycles. The van der Waals surface area contributed by atoms with Gasteiger partial charge in [0.1, 0.15) is 11.2 Å². The average Bonchev–Trinajstić information content (AvgIpc) is 3.64. The number of nitrogens with zero attached hydrogens (tertiary/aromatic N) is 1. The van der Waals surface area contributed by atoms with Crippen molar-refractivity contribution >= 4 is 50.6 Å². The summed E-state index contributed by atoms with van der Waals surface area (Å²) in [5, 5.41) is 3.04. The molecule has 2 nitrogen and oxygen atoms in total. The largest absolute Gasteiger partial charge is 0.456 e. The van der Waals surface area contributed by atoms with Gasteiger partial charge in [-0.2, -0.15) is 0 Å². The van der Waals surface area contributed by atoms with Gasteiger partial charge in [0, 0.05) is 33.6 Å². The van der Waals surface area contributed by atoms with E-state index in [2.05, 4.69) is 132 Å². The van der Waals surface area contributed by atoms with E-state index in [1.807, 2.05) is 6.07 Å². The van der Waals surface area contributed by atoms with Crippen LogP contribution in [0.25, 0.3) is 44.2 Å². The van der Waals surface area contributed by atoms with Gasteiger partial charge in [-0.3, -0.25) is 0 Å². The number of furan rings is 1. The van der Waals surface area contributed by atoms with E-state index in [1.165, 1.54) is 59.9 Å². The highest BCUT2D eigenvalue weighted by Crippen LogP contribution is 2.70. The number of halogens is 1. The van der Waals surface area contributed by atoms with Crippen LogP contribution in [0.15, 0.2) is 138 Å². The third kappa shape index (κ3) is 3.96. The number of anilines is 3. The van der Waals surface area contributed by atoms with E-state index >= 15 is 0 Å². The Labute approximate surface area is 292 Å². The lowest BCUT2D eigenvalue weighted by atomic mass is 9.43. The van der Waals surface area contributed by atoms with Crippen LogP contribution in [-0.4, -0.2) is 0 Å². The minimum atomic E-state index is 0.0597. The van der Waals surface area contributed by atoms with E-state index < -0.39 is 0 Å². The number of hydrogen-bond acceptors (Lipinski definition) is 2. The molecule has 1 spiro atoms. The smallest absolute Gasteiger partial charge is 0.137 e. The Morgan fingerprint density at radius 3 is 1.98 bits per heavy atom. The topological polar surface area (TPSA) is 16.4 Å². The second-order valence-electron chi connectivity index (χ2n) is 15.1. The van der Waals surface area contributed by atoms with Gasteiger partial charge in [0.15, 0.2) is 0 Å². The summed E-state index contributed by atoms with van der Waals surface area (Å²) in [5.41, 5.74) is 13.2. The van der Waals surface area contributed by atoms with Gasteiger partial charge in [0.05, 0.1) is 10.7 Å². The maximum Gasteiger partial charge on any atom is 0.137 e. The number of para-hydroxylation sites is 1. The third-order valence-corrected chi connectivity index (χ3v) is 13.0. The van der Waals surface area contributed by atoms with Crippen LogP contribution in [0.1, 0.15) is 43.2 Å². The van der Waals surface area contributed by atoms with Crippen molar-refractivity contribution in [2.45, 2.75) is 37.5 Å². The minimum Gasteiger partial charge on any atom is -0.456 e. The van der Waals surface area contributed by atoms with Crippen LogP contribution in [0.2, 0.25) is 5.02 Å². The molecule has 5 aliphatic rings. The van der Waals surface area contributed by atoms with Crippen LogP contribution >= 0.6 is 11.6 Å². The van der Waals surface area contributed by atoms with Crippen molar-refractivity contribution in [3.63, 3.8) is 0 Å². The molecule has 0 unspecified atom stereocenters. The molecule has 0 amide bonds. The highest BCUT2D eigenvalue weighted by Gasteiger charge is 2.61. The lowest BCUT2D eigenvalue weighted by Crippen LogP contribution is -2.55. The first-order valence-electron chi connectivity index (χ1n) is 18.0. The second-order valence-corrected chi connectivity index (χ2v) is 15.5. The van der Waals surface area contributed by atoms with E-state index in [-0.39, 0.29) is 5.41 Å². The first kappa shape index (κ1) is 28.1. The number of benzene rings is 6. The van der Waals surface area contributed by atoms with Crippen molar-refractivity contribution in [2.24, 2.45) is 23.7 Å². The van der Waals surface area contributed by atoms with Crippen molar-refractivity contribution in [1.82, 2.24) is 0 Å². The molecule has 0 atom stereocenters. The summed E-state index contributed by atoms with van der Waals surface area (Å²) in [6, 6.07) is 48.5. The maximum atomic E-state index is 7.49. The Bertz CT molecular complexity index is 2390. The predicted molar refractivity (Wildman–Crippen MR) is 202 cm³/mol. The Morgan fingerprint density at radius 1 is 0.531 bits per heavy atom. The molecule has 4 saturated carbocycles.